The van der Waals surface area contributed by atoms with Gasteiger partial charge in [0.25, 0.3) is 0 Å². The van der Waals surface area contributed by atoms with E-state index in [9.17, 15) is 58.5 Å². The highest BCUT2D eigenvalue weighted by Gasteiger charge is 2.34. The number of imidazole rings is 1. The largest absolute Gasteiger partial charge is 0.508 e. The molecule has 22 nitrogen and oxygen atoms in total. The summed E-state index contributed by atoms with van der Waals surface area (Å²) in [5.74, 6) is -10.6. The van der Waals surface area contributed by atoms with Gasteiger partial charge in [-0.2, -0.15) is 0 Å². The van der Waals surface area contributed by atoms with Gasteiger partial charge in [-0.25, -0.2) is 9.78 Å². The molecule has 0 unspecified atom stereocenters. The lowest BCUT2D eigenvalue weighted by Crippen LogP contribution is -2.60. The van der Waals surface area contributed by atoms with Crippen molar-refractivity contribution < 1.29 is 58.5 Å². The van der Waals surface area contributed by atoms with Crippen LogP contribution in [0.4, 0.5) is 0 Å². The molecule has 0 bridgehead atoms. The predicted molar refractivity (Wildman–Crippen MR) is 189 cm³/mol. The first kappa shape index (κ1) is 44.6. The number of nitrogens with one attached hydrogen (secondary N) is 6. The summed E-state index contributed by atoms with van der Waals surface area (Å²) in [6.45, 7) is 3.26. The molecule has 2 aromatic rings. The number of aromatic amines is 1. The lowest BCUT2D eigenvalue weighted by molar-refractivity contribution is -0.144. The molecule has 0 fully saturated rings. The number of benzene rings is 1. The molecule has 0 spiro atoms. The Balaban J connectivity index is 2.43. The summed E-state index contributed by atoms with van der Waals surface area (Å²) in [7, 11) is 0. The van der Waals surface area contributed by atoms with Crippen LogP contribution in [0.1, 0.15) is 50.8 Å². The molecule has 55 heavy (non-hydrogen) atoms. The van der Waals surface area contributed by atoms with Crippen molar-refractivity contribution in [3.05, 3.63) is 48.0 Å². The zero-order chi connectivity index (χ0) is 41.4. The van der Waals surface area contributed by atoms with Crippen LogP contribution < -0.4 is 43.8 Å². The fourth-order valence-corrected chi connectivity index (χ4v) is 4.90. The number of hydrogen-bond donors (Lipinski definition) is 12. The maximum Gasteiger partial charge on any atom is 0.326 e. The van der Waals surface area contributed by atoms with Crippen molar-refractivity contribution in [1.29, 1.82) is 0 Å². The summed E-state index contributed by atoms with van der Waals surface area (Å²) in [5.41, 5.74) is 16.9. The van der Waals surface area contributed by atoms with Crippen molar-refractivity contribution in [2.75, 3.05) is 0 Å². The van der Waals surface area contributed by atoms with Crippen LogP contribution in [0.15, 0.2) is 36.8 Å². The van der Waals surface area contributed by atoms with Gasteiger partial charge in [0.2, 0.25) is 41.4 Å². The summed E-state index contributed by atoms with van der Waals surface area (Å²) < 4.78 is 0. The van der Waals surface area contributed by atoms with Crippen LogP contribution in [0.2, 0.25) is 0 Å². The molecule has 7 amide bonds. The zero-order valence-corrected chi connectivity index (χ0v) is 29.9. The van der Waals surface area contributed by atoms with Crippen LogP contribution in [0, 0.1) is 5.92 Å². The van der Waals surface area contributed by atoms with Gasteiger partial charge < -0.3 is 64.1 Å². The fourth-order valence-electron chi connectivity index (χ4n) is 4.90. The molecule has 22 heteroatoms. The molecule has 0 saturated heterocycles. The number of H-pyrrole nitrogens is 1. The van der Waals surface area contributed by atoms with Gasteiger partial charge in [0.05, 0.1) is 25.2 Å². The summed E-state index contributed by atoms with van der Waals surface area (Å²) in [5, 5.41) is 40.2. The smallest absolute Gasteiger partial charge is 0.326 e. The Bertz CT molecular complexity index is 1700. The van der Waals surface area contributed by atoms with Gasteiger partial charge in [-0.15, -0.1) is 0 Å². The average molecular weight is 775 g/mol. The van der Waals surface area contributed by atoms with Crippen LogP contribution in [-0.4, -0.2) is 115 Å². The van der Waals surface area contributed by atoms with Gasteiger partial charge in [-0.3, -0.25) is 38.4 Å². The summed E-state index contributed by atoms with van der Waals surface area (Å²) >= 11 is 0. The van der Waals surface area contributed by atoms with Gasteiger partial charge in [0.1, 0.15) is 36.0 Å². The number of hydrogen-bond acceptors (Lipinski definition) is 12. The number of nitrogens with zero attached hydrogens (tertiary/aromatic N) is 1. The van der Waals surface area contributed by atoms with E-state index in [1.807, 2.05) is 0 Å². The van der Waals surface area contributed by atoms with Gasteiger partial charge >= 0.3 is 11.9 Å². The summed E-state index contributed by atoms with van der Waals surface area (Å²) in [6.07, 6.45) is -0.593. The number of primary amides is 2. The number of carbonyl (C=O) groups is 9. The van der Waals surface area contributed by atoms with Gasteiger partial charge in [-0.1, -0.05) is 26.0 Å². The quantitative estimate of drug-likeness (QED) is 0.0512. The number of carboxylic acids is 2. The number of carboxylic acid groups (broad SMARTS) is 2. The Morgan fingerprint density at radius 1 is 0.691 bits per heavy atom. The molecule has 2 rings (SSSR count). The van der Waals surface area contributed by atoms with E-state index in [-0.39, 0.29) is 24.5 Å². The third kappa shape index (κ3) is 15.5. The highest BCUT2D eigenvalue weighted by Crippen LogP contribution is 2.13. The van der Waals surface area contributed by atoms with E-state index >= 15 is 0 Å². The SMILES string of the molecule is CC(C)[C@H](N)C(=O)N[C@@H](CC(=O)O)C(=O)N[C@@H](Cc1cnc[nH]1)C(=O)N[C@@H](CCC(N)=O)C(=O)N[C@@H](Cc1ccc(O)cc1)C(=O)N[C@@H](CC(N)=O)C(=O)O. The van der Waals surface area contributed by atoms with Crippen molar-refractivity contribution in [2.45, 2.75) is 88.6 Å². The molecule has 0 aliphatic rings. The van der Waals surface area contributed by atoms with Crippen molar-refractivity contribution in [3.63, 3.8) is 0 Å². The number of carbonyl (C=O) groups excluding carboxylic acids is 7. The Hall–Kier alpha value is -6.58. The lowest BCUT2D eigenvalue weighted by atomic mass is 10.0. The predicted octanol–water partition coefficient (Wildman–Crippen LogP) is -3.99. The number of aliphatic carboxylic acids is 2. The van der Waals surface area contributed by atoms with E-state index in [1.165, 1.54) is 36.8 Å². The van der Waals surface area contributed by atoms with Gasteiger partial charge in [0, 0.05) is 31.2 Å². The minimum Gasteiger partial charge on any atom is -0.508 e. The molecule has 1 heterocycles. The van der Waals surface area contributed by atoms with Crippen molar-refractivity contribution in [1.82, 2.24) is 36.6 Å². The number of aromatic nitrogens is 2. The number of phenols is 1. The summed E-state index contributed by atoms with van der Waals surface area (Å²) in [4.78, 5) is 120. The number of nitrogens with two attached hydrogens (primary N) is 3. The van der Waals surface area contributed by atoms with Gasteiger partial charge in [0.15, 0.2) is 0 Å². The number of phenolic OH excluding ortho intramolecular Hbond substituents is 1. The number of amides is 7. The second-order valence-electron chi connectivity index (χ2n) is 12.8. The monoisotopic (exact) mass is 774 g/mol. The van der Waals surface area contributed by atoms with E-state index in [4.69, 9.17) is 17.2 Å². The molecule has 0 saturated carbocycles. The van der Waals surface area contributed by atoms with E-state index in [2.05, 4.69) is 36.6 Å². The van der Waals surface area contributed by atoms with Crippen LogP contribution in [0.3, 0.4) is 0 Å². The second-order valence-corrected chi connectivity index (χ2v) is 12.8. The molecule has 0 radical (unpaired) electrons. The third-order valence-electron chi connectivity index (χ3n) is 7.99. The van der Waals surface area contributed by atoms with Crippen molar-refractivity contribution in [3.8, 4) is 5.75 Å². The summed E-state index contributed by atoms with van der Waals surface area (Å²) in [6, 6.07) is -3.95. The molecule has 0 aliphatic heterocycles. The van der Waals surface area contributed by atoms with Gasteiger partial charge in [-0.05, 0) is 30.0 Å². The van der Waals surface area contributed by atoms with Crippen LogP contribution >= 0.6 is 0 Å². The Morgan fingerprint density at radius 3 is 1.69 bits per heavy atom. The van der Waals surface area contributed by atoms with E-state index in [1.54, 1.807) is 13.8 Å². The minimum absolute atomic E-state index is 0.122. The number of aromatic hydroxyl groups is 1. The fraction of sp³-hybridized carbons (Fsp3) is 0.455. The van der Waals surface area contributed by atoms with E-state index < -0.39 is 115 Å². The van der Waals surface area contributed by atoms with Crippen LogP contribution in [0.25, 0.3) is 0 Å². The molecule has 1 aromatic carbocycles. The van der Waals surface area contributed by atoms with Crippen LogP contribution in [0.5, 0.6) is 5.75 Å². The Labute approximate surface area is 313 Å². The van der Waals surface area contributed by atoms with Crippen molar-refractivity contribution in [2.24, 2.45) is 23.1 Å². The molecule has 0 aliphatic carbocycles. The molecule has 1 aromatic heterocycles. The molecule has 300 valence electrons. The van der Waals surface area contributed by atoms with Crippen molar-refractivity contribution >= 4 is 53.3 Å². The highest BCUT2D eigenvalue weighted by molar-refractivity contribution is 5.97. The standard InChI is InChI=1S/C33H46N10O12/c1-15(2)27(36)32(53)42-22(12-26(47)48)31(52)41-21(10-17-13-37-14-38-17)30(51)39-19(7-8-24(34)45)28(49)40-20(9-16-3-5-18(44)6-4-16)29(50)43-23(33(54)55)11-25(35)46/h3-6,13-15,19-23,27,44H,7-12,36H2,1-2H3,(H2,34,45)(H2,35,46)(H,37,38)(H,39,51)(H,40,49)(H,41,52)(H,42,53)(H,43,50)(H,47,48)(H,54,55)/t19-,20-,21-,22-,23-,27-/m0/s1. The first-order valence-corrected chi connectivity index (χ1v) is 16.8. The molecular formula is C33H46N10O12. The number of rotatable bonds is 23. The van der Waals surface area contributed by atoms with E-state index in [0.29, 0.717) is 11.3 Å². The lowest BCUT2D eigenvalue weighted by Gasteiger charge is -2.27. The first-order chi connectivity index (χ1) is 25.8. The molecule has 15 N–H and O–H groups in total. The second kappa shape index (κ2) is 21.2. The normalized spacial score (nSPS) is 14.2. The third-order valence-corrected chi connectivity index (χ3v) is 7.99. The average Bonchev–Trinajstić information content (AvgIpc) is 3.61. The van der Waals surface area contributed by atoms with E-state index in [0.717, 1.165) is 0 Å². The zero-order valence-electron chi connectivity index (χ0n) is 29.9. The first-order valence-electron chi connectivity index (χ1n) is 16.8. The maximum atomic E-state index is 13.8. The topological polar surface area (TPSA) is 381 Å². The molecule has 6 atom stereocenters. The molecular weight excluding hydrogens is 728 g/mol. The minimum atomic E-state index is -1.78. The maximum absolute atomic E-state index is 13.8. The Kier molecular flexibility index (Phi) is 17.2. The highest BCUT2D eigenvalue weighted by atomic mass is 16.4. The Morgan fingerprint density at radius 2 is 1.20 bits per heavy atom. The van der Waals surface area contributed by atoms with Crippen LogP contribution in [-0.2, 0) is 56.0 Å².